The zero-order valence-electron chi connectivity index (χ0n) is 14.4. The van der Waals surface area contributed by atoms with Crippen molar-refractivity contribution in [2.45, 2.75) is 13.3 Å². The lowest BCUT2D eigenvalue weighted by molar-refractivity contribution is -0.274. The first kappa shape index (κ1) is 18.5. The molecule has 0 saturated heterocycles. The monoisotopic (exact) mass is 376 g/mol. The first-order chi connectivity index (χ1) is 12.8. The maximum atomic E-state index is 12.6. The number of alkyl halides is 3. The van der Waals surface area contributed by atoms with Gasteiger partial charge in [-0.2, -0.15) is 0 Å². The van der Waals surface area contributed by atoms with E-state index in [2.05, 4.69) is 15.0 Å². The first-order valence-electron chi connectivity index (χ1n) is 7.88. The number of nitrogens with one attached hydrogen (secondary N) is 1. The van der Waals surface area contributed by atoms with Crippen LogP contribution >= 0.6 is 0 Å². The summed E-state index contributed by atoms with van der Waals surface area (Å²) in [5.41, 5.74) is 1.26. The Kier molecular flexibility index (Phi) is 4.89. The Hall–Kier alpha value is -3.29. The van der Waals surface area contributed by atoms with Gasteiger partial charge in [0.15, 0.2) is 5.75 Å². The summed E-state index contributed by atoms with van der Waals surface area (Å²) in [6, 6.07) is 12.2. The summed E-state index contributed by atoms with van der Waals surface area (Å²) in [4.78, 5) is 17.0. The number of anilines is 1. The van der Waals surface area contributed by atoms with E-state index < -0.39 is 18.0 Å². The van der Waals surface area contributed by atoms with Gasteiger partial charge in [0.25, 0.3) is 5.91 Å². The van der Waals surface area contributed by atoms with Crippen LogP contribution in [-0.4, -0.2) is 24.4 Å². The number of ether oxygens (including phenoxy) is 2. The maximum absolute atomic E-state index is 12.6. The van der Waals surface area contributed by atoms with Crippen molar-refractivity contribution in [3.8, 4) is 11.5 Å². The molecule has 1 aromatic heterocycles. The molecule has 0 fully saturated rings. The fraction of sp³-hybridized carbons (Fsp3) is 0.158. The topological polar surface area (TPSA) is 60.5 Å². The van der Waals surface area contributed by atoms with Gasteiger partial charge in [-0.15, -0.1) is 13.2 Å². The van der Waals surface area contributed by atoms with Crippen LogP contribution in [0.1, 0.15) is 16.1 Å². The van der Waals surface area contributed by atoms with Crippen molar-refractivity contribution >= 4 is 22.5 Å². The number of aromatic nitrogens is 1. The molecular weight excluding hydrogens is 361 g/mol. The van der Waals surface area contributed by atoms with E-state index in [1.807, 2.05) is 0 Å². The predicted molar refractivity (Wildman–Crippen MR) is 94.1 cm³/mol. The number of nitrogens with zero attached hydrogens (tertiary/aromatic N) is 1. The van der Waals surface area contributed by atoms with E-state index in [0.717, 1.165) is 6.07 Å². The highest BCUT2D eigenvalue weighted by atomic mass is 19.4. The number of methoxy groups -OCH3 is 1. The van der Waals surface area contributed by atoms with E-state index >= 15 is 0 Å². The van der Waals surface area contributed by atoms with Crippen molar-refractivity contribution < 1.29 is 27.4 Å². The van der Waals surface area contributed by atoms with Gasteiger partial charge in [0.1, 0.15) is 5.75 Å². The second-order valence-electron chi connectivity index (χ2n) is 5.68. The van der Waals surface area contributed by atoms with Crippen LogP contribution in [-0.2, 0) is 0 Å². The lowest BCUT2D eigenvalue weighted by Gasteiger charge is -2.14. The SMILES string of the molecule is COc1ccc2nc(C)c(C(=O)Nc3ccccc3OC(F)(F)F)cc2c1. The first-order valence-corrected chi connectivity index (χ1v) is 7.88. The van der Waals surface area contributed by atoms with Crippen molar-refractivity contribution in [3.05, 3.63) is 59.8 Å². The molecule has 3 rings (SSSR count). The Morgan fingerprint density at radius 2 is 1.85 bits per heavy atom. The van der Waals surface area contributed by atoms with Gasteiger partial charge >= 0.3 is 6.36 Å². The number of para-hydroxylation sites is 2. The number of carbonyl (C=O) groups excluding carboxylic acids is 1. The number of halogens is 3. The largest absolute Gasteiger partial charge is 0.573 e. The molecule has 0 radical (unpaired) electrons. The molecule has 1 heterocycles. The molecule has 1 amide bonds. The number of carbonyl (C=O) groups is 1. The number of hydrogen-bond donors (Lipinski definition) is 1. The van der Waals surface area contributed by atoms with Crippen LogP contribution in [0.25, 0.3) is 10.9 Å². The average molecular weight is 376 g/mol. The highest BCUT2D eigenvalue weighted by molar-refractivity contribution is 6.07. The molecule has 8 heteroatoms. The number of hydrogen-bond acceptors (Lipinski definition) is 4. The summed E-state index contributed by atoms with van der Waals surface area (Å²) in [6.45, 7) is 1.65. The second-order valence-corrected chi connectivity index (χ2v) is 5.68. The second kappa shape index (κ2) is 7.14. The van der Waals surface area contributed by atoms with Crippen molar-refractivity contribution in [2.24, 2.45) is 0 Å². The van der Waals surface area contributed by atoms with Crippen molar-refractivity contribution in [2.75, 3.05) is 12.4 Å². The van der Waals surface area contributed by atoms with Crippen LogP contribution in [0, 0.1) is 6.92 Å². The van der Waals surface area contributed by atoms with Gasteiger partial charge < -0.3 is 14.8 Å². The summed E-state index contributed by atoms with van der Waals surface area (Å²) in [7, 11) is 1.52. The van der Waals surface area contributed by atoms with Crippen LogP contribution in [0.15, 0.2) is 48.5 Å². The highest BCUT2D eigenvalue weighted by Crippen LogP contribution is 2.30. The number of aryl methyl sites for hydroxylation is 1. The number of amides is 1. The molecule has 0 unspecified atom stereocenters. The molecule has 2 aromatic carbocycles. The minimum Gasteiger partial charge on any atom is -0.497 e. The Morgan fingerprint density at radius 1 is 1.11 bits per heavy atom. The third-order valence-corrected chi connectivity index (χ3v) is 3.82. The van der Waals surface area contributed by atoms with Gasteiger partial charge in [-0.25, -0.2) is 0 Å². The van der Waals surface area contributed by atoms with E-state index in [4.69, 9.17) is 4.74 Å². The van der Waals surface area contributed by atoms with Gasteiger partial charge in [0, 0.05) is 5.39 Å². The smallest absolute Gasteiger partial charge is 0.497 e. The summed E-state index contributed by atoms with van der Waals surface area (Å²) >= 11 is 0. The molecule has 0 aliphatic carbocycles. The normalized spacial score (nSPS) is 11.3. The van der Waals surface area contributed by atoms with Crippen LogP contribution in [0.3, 0.4) is 0 Å². The maximum Gasteiger partial charge on any atom is 0.573 e. The highest BCUT2D eigenvalue weighted by Gasteiger charge is 2.32. The van der Waals surface area contributed by atoms with Crippen LogP contribution < -0.4 is 14.8 Å². The average Bonchev–Trinajstić information content (AvgIpc) is 2.61. The van der Waals surface area contributed by atoms with Gasteiger partial charge in [0.2, 0.25) is 0 Å². The third-order valence-electron chi connectivity index (χ3n) is 3.82. The number of rotatable bonds is 4. The molecule has 5 nitrogen and oxygen atoms in total. The zero-order valence-corrected chi connectivity index (χ0v) is 14.4. The summed E-state index contributed by atoms with van der Waals surface area (Å²) in [5.74, 6) is -0.488. The zero-order chi connectivity index (χ0) is 19.6. The lowest BCUT2D eigenvalue weighted by atomic mass is 10.1. The summed E-state index contributed by atoms with van der Waals surface area (Å²) in [6.07, 6.45) is -4.86. The van der Waals surface area contributed by atoms with Crippen molar-refractivity contribution in [1.29, 1.82) is 0 Å². The fourth-order valence-electron chi connectivity index (χ4n) is 2.58. The Morgan fingerprint density at radius 3 is 2.56 bits per heavy atom. The Bertz CT molecular complexity index is 1000. The number of pyridine rings is 1. The molecule has 3 aromatic rings. The minimum atomic E-state index is -4.86. The van der Waals surface area contributed by atoms with E-state index in [1.54, 1.807) is 31.2 Å². The standard InChI is InChI=1S/C19H15F3N2O3/c1-11-14(10-12-9-13(26-2)7-8-15(12)23-11)18(25)24-16-5-3-4-6-17(16)27-19(20,21)22/h3-10H,1-2H3,(H,24,25). The van der Waals surface area contributed by atoms with Crippen molar-refractivity contribution in [3.63, 3.8) is 0 Å². The lowest BCUT2D eigenvalue weighted by Crippen LogP contribution is -2.20. The van der Waals surface area contributed by atoms with E-state index in [0.29, 0.717) is 22.3 Å². The number of fused-ring (bicyclic) bond motifs is 1. The van der Waals surface area contributed by atoms with E-state index in [-0.39, 0.29) is 11.3 Å². The molecular formula is C19H15F3N2O3. The molecule has 0 atom stereocenters. The van der Waals surface area contributed by atoms with Crippen LogP contribution in [0.5, 0.6) is 11.5 Å². The quantitative estimate of drug-likeness (QED) is 0.717. The Labute approximate surface area is 152 Å². The van der Waals surface area contributed by atoms with E-state index in [9.17, 15) is 18.0 Å². The molecule has 27 heavy (non-hydrogen) atoms. The molecule has 0 aliphatic rings. The van der Waals surface area contributed by atoms with Gasteiger partial charge in [-0.1, -0.05) is 12.1 Å². The van der Waals surface area contributed by atoms with Gasteiger partial charge in [0.05, 0.1) is 29.6 Å². The summed E-state index contributed by atoms with van der Waals surface area (Å²) in [5, 5.41) is 3.12. The molecule has 0 aliphatic heterocycles. The molecule has 140 valence electrons. The molecule has 1 N–H and O–H groups in total. The molecule has 0 saturated carbocycles. The van der Waals surface area contributed by atoms with Crippen LogP contribution in [0.2, 0.25) is 0 Å². The van der Waals surface area contributed by atoms with Gasteiger partial charge in [-0.3, -0.25) is 9.78 Å². The fourth-order valence-corrected chi connectivity index (χ4v) is 2.58. The van der Waals surface area contributed by atoms with Crippen molar-refractivity contribution in [1.82, 2.24) is 4.98 Å². The van der Waals surface area contributed by atoms with Gasteiger partial charge in [-0.05, 0) is 43.3 Å². The number of benzene rings is 2. The third kappa shape index (κ3) is 4.28. The summed E-state index contributed by atoms with van der Waals surface area (Å²) < 4.78 is 46.7. The molecule has 0 spiro atoms. The molecule has 0 bridgehead atoms. The minimum absolute atomic E-state index is 0.0926. The Balaban J connectivity index is 1.94. The predicted octanol–water partition coefficient (Wildman–Crippen LogP) is 4.70. The van der Waals surface area contributed by atoms with E-state index in [1.165, 1.54) is 25.3 Å². The van der Waals surface area contributed by atoms with Crippen LogP contribution in [0.4, 0.5) is 18.9 Å².